The first-order chi connectivity index (χ1) is 13.4. The monoisotopic (exact) mass is 398 g/mol. The number of carbonyl (C=O) groups is 1. The van der Waals surface area contributed by atoms with Gasteiger partial charge in [0, 0.05) is 0 Å². The van der Waals surface area contributed by atoms with E-state index in [1.54, 1.807) is 18.4 Å². The van der Waals surface area contributed by atoms with Crippen molar-refractivity contribution >= 4 is 32.6 Å². The summed E-state index contributed by atoms with van der Waals surface area (Å²) in [4.78, 5) is 21.1. The zero-order valence-electron chi connectivity index (χ0n) is 17.2. The molecule has 0 bridgehead atoms. The third-order valence-corrected chi connectivity index (χ3v) is 5.73. The number of anilines is 1. The molecule has 0 radical (unpaired) electrons. The molecule has 0 unspecified atom stereocenters. The second-order valence-electron chi connectivity index (χ2n) is 7.45. The number of nitrogens with zero attached hydrogens (tertiary/aromatic N) is 2. The van der Waals surface area contributed by atoms with Crippen molar-refractivity contribution in [2.24, 2.45) is 0 Å². The Hall–Kier alpha value is -2.44. The topological polar surface area (TPSA) is 46.9 Å². The summed E-state index contributed by atoms with van der Waals surface area (Å²) in [6.07, 6.45) is 0.348. The van der Waals surface area contributed by atoms with E-state index in [4.69, 9.17) is 9.72 Å². The van der Waals surface area contributed by atoms with E-state index in [2.05, 4.69) is 40.1 Å². The van der Waals surface area contributed by atoms with E-state index in [0.717, 1.165) is 38.8 Å². The largest absolute Gasteiger partial charge is 0.497 e. The number of rotatable bonds is 7. The Morgan fingerprint density at radius 1 is 1.18 bits per heavy atom. The first-order valence-corrected chi connectivity index (χ1v) is 10.3. The maximum Gasteiger partial charge on any atom is 0.233 e. The number of fused-ring (bicyclic) bond motifs is 1. The van der Waals surface area contributed by atoms with Crippen molar-refractivity contribution in [2.75, 3.05) is 39.2 Å². The fourth-order valence-corrected chi connectivity index (χ4v) is 4.34. The Balaban J connectivity index is 1.89. The Bertz CT molecular complexity index is 964. The molecule has 148 valence electrons. The SMILES string of the molecule is COc1ccc(CC(=O)N(CC[NH+](C)C)c2nc3c(C)cc(C)cc3s2)cc1. The summed E-state index contributed by atoms with van der Waals surface area (Å²) in [5.41, 5.74) is 4.33. The first kappa shape index (κ1) is 20.3. The molecule has 0 spiro atoms. The van der Waals surface area contributed by atoms with Crippen molar-refractivity contribution in [1.29, 1.82) is 0 Å². The number of amides is 1. The van der Waals surface area contributed by atoms with Gasteiger partial charge in [0.15, 0.2) is 5.13 Å². The highest BCUT2D eigenvalue weighted by Gasteiger charge is 2.21. The Morgan fingerprint density at radius 2 is 1.89 bits per heavy atom. The van der Waals surface area contributed by atoms with E-state index >= 15 is 0 Å². The van der Waals surface area contributed by atoms with Crippen LogP contribution in [0.25, 0.3) is 10.2 Å². The molecule has 2 aromatic carbocycles. The number of aryl methyl sites for hydroxylation is 2. The van der Waals surface area contributed by atoms with Crippen LogP contribution in [0.15, 0.2) is 36.4 Å². The smallest absolute Gasteiger partial charge is 0.233 e. The maximum absolute atomic E-state index is 13.2. The minimum Gasteiger partial charge on any atom is -0.497 e. The molecule has 6 heteroatoms. The summed E-state index contributed by atoms with van der Waals surface area (Å²) in [5, 5.41) is 0.781. The maximum atomic E-state index is 13.2. The molecule has 0 fully saturated rings. The number of nitrogens with one attached hydrogen (secondary N) is 1. The fraction of sp³-hybridized carbons (Fsp3) is 0.364. The van der Waals surface area contributed by atoms with Crippen molar-refractivity contribution in [3.05, 3.63) is 53.1 Å². The van der Waals surface area contributed by atoms with E-state index in [-0.39, 0.29) is 5.91 Å². The lowest BCUT2D eigenvalue weighted by molar-refractivity contribution is -0.856. The van der Waals surface area contributed by atoms with Gasteiger partial charge in [0.2, 0.25) is 5.91 Å². The van der Waals surface area contributed by atoms with Gasteiger partial charge in [-0.05, 0) is 48.7 Å². The number of quaternary nitrogens is 1. The Kier molecular flexibility index (Phi) is 6.31. The molecule has 3 aromatic rings. The molecule has 3 rings (SSSR count). The van der Waals surface area contributed by atoms with Crippen LogP contribution >= 0.6 is 11.3 Å². The molecule has 5 nitrogen and oxygen atoms in total. The number of carbonyl (C=O) groups excluding carboxylic acids is 1. The van der Waals surface area contributed by atoms with Crippen LogP contribution in [0, 0.1) is 13.8 Å². The molecule has 0 atom stereocenters. The zero-order valence-corrected chi connectivity index (χ0v) is 18.0. The van der Waals surface area contributed by atoms with Crippen molar-refractivity contribution in [2.45, 2.75) is 20.3 Å². The van der Waals surface area contributed by atoms with Crippen LogP contribution < -0.4 is 14.5 Å². The predicted octanol–water partition coefficient (Wildman–Crippen LogP) is 2.64. The number of ether oxygens (including phenoxy) is 1. The van der Waals surface area contributed by atoms with Crippen LogP contribution in [-0.4, -0.2) is 45.2 Å². The predicted molar refractivity (Wildman–Crippen MR) is 116 cm³/mol. The molecule has 1 N–H and O–H groups in total. The molecule has 0 aliphatic carbocycles. The van der Waals surface area contributed by atoms with Crippen LogP contribution in [0.3, 0.4) is 0 Å². The molecule has 1 heterocycles. The highest BCUT2D eigenvalue weighted by molar-refractivity contribution is 7.22. The molecular formula is C22H28N3O2S+. The number of thiazole rings is 1. The molecule has 0 saturated carbocycles. The van der Waals surface area contributed by atoms with Crippen molar-refractivity contribution < 1.29 is 14.4 Å². The molecule has 0 aliphatic heterocycles. The minimum atomic E-state index is 0.0693. The number of aromatic nitrogens is 1. The molecule has 1 amide bonds. The average Bonchev–Trinajstić information content (AvgIpc) is 3.06. The van der Waals surface area contributed by atoms with E-state index in [1.807, 2.05) is 29.2 Å². The summed E-state index contributed by atoms with van der Waals surface area (Å²) in [6.45, 7) is 5.68. The van der Waals surface area contributed by atoms with E-state index in [9.17, 15) is 4.79 Å². The molecular weight excluding hydrogens is 370 g/mol. The van der Waals surface area contributed by atoms with E-state index in [1.165, 1.54) is 10.5 Å². The Labute approximate surface area is 170 Å². The number of hydrogen-bond donors (Lipinski definition) is 1. The van der Waals surface area contributed by atoms with Crippen molar-refractivity contribution in [3.63, 3.8) is 0 Å². The summed E-state index contributed by atoms with van der Waals surface area (Å²) in [5.74, 6) is 0.862. The summed E-state index contributed by atoms with van der Waals surface area (Å²) < 4.78 is 6.34. The van der Waals surface area contributed by atoms with Crippen LogP contribution in [0.4, 0.5) is 5.13 Å². The number of benzene rings is 2. The standard InChI is InChI=1S/C22H27N3O2S/c1-15-12-16(2)21-19(13-15)28-22(23-21)25(11-10-24(3)4)20(26)14-17-6-8-18(27-5)9-7-17/h6-9,12-13H,10-11,14H2,1-5H3/p+1. The average molecular weight is 399 g/mol. The Morgan fingerprint density at radius 3 is 2.54 bits per heavy atom. The van der Waals surface area contributed by atoms with Crippen molar-refractivity contribution in [1.82, 2.24) is 4.98 Å². The summed E-state index contributed by atoms with van der Waals surface area (Å²) >= 11 is 1.60. The lowest BCUT2D eigenvalue weighted by atomic mass is 10.1. The highest BCUT2D eigenvalue weighted by Crippen LogP contribution is 2.32. The van der Waals surface area contributed by atoms with Crippen molar-refractivity contribution in [3.8, 4) is 5.75 Å². The van der Waals surface area contributed by atoms with Gasteiger partial charge in [-0.1, -0.05) is 29.5 Å². The van der Waals surface area contributed by atoms with Gasteiger partial charge in [0.05, 0.1) is 50.9 Å². The van der Waals surface area contributed by atoms with Crippen LogP contribution in [0.5, 0.6) is 5.75 Å². The van der Waals surface area contributed by atoms with Gasteiger partial charge in [-0.25, -0.2) is 4.98 Å². The third-order valence-electron chi connectivity index (χ3n) is 4.70. The summed E-state index contributed by atoms with van der Waals surface area (Å²) in [7, 11) is 5.83. The highest BCUT2D eigenvalue weighted by atomic mass is 32.1. The van der Waals surface area contributed by atoms with Gasteiger partial charge in [0.25, 0.3) is 0 Å². The van der Waals surface area contributed by atoms with E-state index in [0.29, 0.717) is 13.0 Å². The number of likely N-dealkylation sites (N-methyl/N-ethyl adjacent to an activating group) is 1. The van der Waals surface area contributed by atoms with Crippen LogP contribution in [0.1, 0.15) is 16.7 Å². The molecule has 1 aromatic heterocycles. The van der Waals surface area contributed by atoms with Crippen LogP contribution in [0.2, 0.25) is 0 Å². The zero-order chi connectivity index (χ0) is 20.3. The second kappa shape index (κ2) is 8.71. The molecule has 0 aliphatic rings. The van der Waals surface area contributed by atoms with Gasteiger partial charge in [0.1, 0.15) is 5.75 Å². The van der Waals surface area contributed by atoms with Crippen LogP contribution in [-0.2, 0) is 11.2 Å². The van der Waals surface area contributed by atoms with E-state index < -0.39 is 0 Å². The summed E-state index contributed by atoms with van der Waals surface area (Å²) in [6, 6.07) is 11.9. The van der Waals surface area contributed by atoms with Gasteiger partial charge in [-0.3, -0.25) is 9.69 Å². The number of methoxy groups -OCH3 is 1. The molecule has 0 saturated heterocycles. The lowest BCUT2D eigenvalue weighted by Gasteiger charge is -2.20. The normalized spacial score (nSPS) is 11.2. The van der Waals surface area contributed by atoms with Gasteiger partial charge in [-0.15, -0.1) is 0 Å². The lowest BCUT2D eigenvalue weighted by Crippen LogP contribution is -3.06. The quantitative estimate of drug-likeness (QED) is 0.666. The minimum absolute atomic E-state index is 0.0693. The van der Waals surface area contributed by atoms with Gasteiger partial charge < -0.3 is 9.64 Å². The second-order valence-corrected chi connectivity index (χ2v) is 8.46. The first-order valence-electron chi connectivity index (χ1n) is 9.47. The number of hydrogen-bond acceptors (Lipinski definition) is 4. The molecule has 28 heavy (non-hydrogen) atoms. The van der Waals surface area contributed by atoms with Gasteiger partial charge in [-0.2, -0.15) is 0 Å². The van der Waals surface area contributed by atoms with Gasteiger partial charge >= 0.3 is 0 Å². The fourth-order valence-electron chi connectivity index (χ4n) is 3.15. The third kappa shape index (κ3) is 4.69.